The van der Waals surface area contributed by atoms with Crippen LogP contribution < -0.4 is 5.32 Å². The molecule has 132 valence electrons. The summed E-state index contributed by atoms with van der Waals surface area (Å²) in [6, 6.07) is 0. The number of hydrogen-bond acceptors (Lipinski definition) is 6. The summed E-state index contributed by atoms with van der Waals surface area (Å²) < 4.78 is 1.53. The summed E-state index contributed by atoms with van der Waals surface area (Å²) in [4.78, 5) is 20.8. The van der Waals surface area contributed by atoms with Gasteiger partial charge in [0, 0.05) is 26.0 Å². The first-order valence-corrected chi connectivity index (χ1v) is 7.87. The third kappa shape index (κ3) is 5.70. The number of halogens is 1. The summed E-state index contributed by atoms with van der Waals surface area (Å²) in [5, 5.41) is 20.8. The molecule has 0 bridgehead atoms. The summed E-state index contributed by atoms with van der Waals surface area (Å²) in [6.45, 7) is 3.71. The smallest absolute Gasteiger partial charge is 0.306 e. The second-order valence-electron chi connectivity index (χ2n) is 4.91. The minimum absolute atomic E-state index is 0. The van der Waals surface area contributed by atoms with Crippen LogP contribution in [-0.2, 0) is 13.1 Å². The van der Waals surface area contributed by atoms with Crippen molar-refractivity contribution in [3.05, 3.63) is 38.6 Å². The van der Waals surface area contributed by atoms with Gasteiger partial charge in [-0.15, -0.1) is 35.3 Å². The number of rotatable bonds is 6. The van der Waals surface area contributed by atoms with Gasteiger partial charge < -0.3 is 10.2 Å². The van der Waals surface area contributed by atoms with Gasteiger partial charge in [-0.3, -0.25) is 19.8 Å². The molecule has 2 heterocycles. The molecular weight excluding hydrogens is 445 g/mol. The second kappa shape index (κ2) is 9.52. The highest BCUT2D eigenvalue weighted by atomic mass is 127. The summed E-state index contributed by atoms with van der Waals surface area (Å²) in [5.74, 6) is 0.734. The number of nitro groups is 1. The van der Waals surface area contributed by atoms with E-state index in [1.54, 1.807) is 18.4 Å². The van der Waals surface area contributed by atoms with Crippen LogP contribution in [0.15, 0.2) is 22.8 Å². The first kappa shape index (κ1) is 20.3. The molecule has 0 radical (unpaired) electrons. The van der Waals surface area contributed by atoms with Crippen molar-refractivity contribution in [1.29, 1.82) is 0 Å². The van der Waals surface area contributed by atoms with Crippen LogP contribution >= 0.6 is 35.3 Å². The summed E-state index contributed by atoms with van der Waals surface area (Å²) in [5.41, 5.74) is 0.992. The molecule has 0 saturated heterocycles. The zero-order valence-electron chi connectivity index (χ0n) is 13.7. The zero-order chi connectivity index (χ0) is 16.8. The highest BCUT2D eigenvalue weighted by Crippen LogP contribution is 2.10. The van der Waals surface area contributed by atoms with E-state index in [0.717, 1.165) is 16.7 Å². The third-order valence-electron chi connectivity index (χ3n) is 3.09. The van der Waals surface area contributed by atoms with Crippen molar-refractivity contribution in [2.24, 2.45) is 4.99 Å². The van der Waals surface area contributed by atoms with Gasteiger partial charge in [0.1, 0.15) is 12.4 Å². The predicted molar refractivity (Wildman–Crippen MR) is 104 cm³/mol. The highest BCUT2D eigenvalue weighted by Gasteiger charge is 2.10. The maximum atomic E-state index is 10.6. The number of aromatic nitrogens is 3. The van der Waals surface area contributed by atoms with E-state index in [0.29, 0.717) is 19.6 Å². The molecule has 0 unspecified atom stereocenters. The number of nitrogens with one attached hydrogen (secondary N) is 1. The van der Waals surface area contributed by atoms with Gasteiger partial charge in [0.2, 0.25) is 0 Å². The van der Waals surface area contributed by atoms with Crippen LogP contribution in [0.4, 0.5) is 5.69 Å². The van der Waals surface area contributed by atoms with E-state index in [2.05, 4.69) is 20.4 Å². The Hall–Kier alpha value is -1.76. The maximum Gasteiger partial charge on any atom is 0.306 e. The van der Waals surface area contributed by atoms with E-state index in [1.165, 1.54) is 17.1 Å². The molecule has 0 fully saturated rings. The van der Waals surface area contributed by atoms with Gasteiger partial charge in [-0.25, -0.2) is 4.98 Å². The molecule has 0 atom stereocenters. The lowest BCUT2D eigenvalue weighted by atomic mass is 10.4. The molecule has 2 aromatic rings. The van der Waals surface area contributed by atoms with Gasteiger partial charge in [-0.2, -0.15) is 5.10 Å². The van der Waals surface area contributed by atoms with E-state index in [4.69, 9.17) is 0 Å². The van der Waals surface area contributed by atoms with E-state index < -0.39 is 4.92 Å². The van der Waals surface area contributed by atoms with Gasteiger partial charge in [0.15, 0.2) is 5.96 Å². The first-order valence-electron chi connectivity index (χ1n) is 6.99. The van der Waals surface area contributed by atoms with Crippen LogP contribution in [0.5, 0.6) is 0 Å². The molecule has 0 saturated carbocycles. The molecule has 0 spiro atoms. The van der Waals surface area contributed by atoms with E-state index in [1.807, 2.05) is 24.3 Å². The molecule has 11 heteroatoms. The normalized spacial score (nSPS) is 11.0. The van der Waals surface area contributed by atoms with Gasteiger partial charge in [0.05, 0.1) is 28.7 Å². The average Bonchev–Trinajstić information content (AvgIpc) is 3.13. The SMILES string of the molecule is CN=C(NCCn1cc([N+](=O)[O-])cn1)N(C)Cc1csc(C)n1.I. The lowest BCUT2D eigenvalue weighted by Gasteiger charge is -2.21. The lowest BCUT2D eigenvalue weighted by Crippen LogP contribution is -2.39. The Morgan fingerprint density at radius 2 is 2.33 bits per heavy atom. The van der Waals surface area contributed by atoms with Gasteiger partial charge >= 0.3 is 5.69 Å². The summed E-state index contributed by atoms with van der Waals surface area (Å²) in [7, 11) is 3.65. The summed E-state index contributed by atoms with van der Waals surface area (Å²) in [6.07, 6.45) is 2.65. The Kier molecular flexibility index (Phi) is 8.04. The van der Waals surface area contributed by atoms with E-state index in [-0.39, 0.29) is 29.7 Å². The van der Waals surface area contributed by atoms with E-state index in [9.17, 15) is 10.1 Å². The van der Waals surface area contributed by atoms with Gasteiger partial charge in [0.25, 0.3) is 0 Å². The van der Waals surface area contributed by atoms with E-state index >= 15 is 0 Å². The molecule has 1 N–H and O–H groups in total. The monoisotopic (exact) mass is 465 g/mol. The van der Waals surface area contributed by atoms with Crippen molar-refractivity contribution in [1.82, 2.24) is 25.0 Å². The quantitative estimate of drug-likeness (QED) is 0.230. The van der Waals surface area contributed by atoms with Crippen molar-refractivity contribution < 1.29 is 4.92 Å². The number of hydrogen-bond donors (Lipinski definition) is 1. The Balaban J connectivity index is 0.00000288. The highest BCUT2D eigenvalue weighted by molar-refractivity contribution is 14.0. The van der Waals surface area contributed by atoms with Crippen molar-refractivity contribution in [2.75, 3.05) is 20.6 Å². The molecule has 9 nitrogen and oxygen atoms in total. The molecule has 0 amide bonds. The number of thiazole rings is 1. The number of aliphatic imine (C=N–C) groups is 1. The Morgan fingerprint density at radius 3 is 2.88 bits per heavy atom. The van der Waals surface area contributed by atoms with Crippen LogP contribution in [0.25, 0.3) is 0 Å². The topological polar surface area (TPSA) is 101 Å². The molecule has 2 aromatic heterocycles. The molecule has 0 aliphatic carbocycles. The maximum absolute atomic E-state index is 10.6. The number of aryl methyl sites for hydroxylation is 1. The minimum atomic E-state index is -0.459. The van der Waals surface area contributed by atoms with Crippen LogP contribution in [0, 0.1) is 17.0 Å². The first-order chi connectivity index (χ1) is 11.0. The summed E-state index contributed by atoms with van der Waals surface area (Å²) >= 11 is 1.62. The Bertz CT molecular complexity index is 700. The molecule has 24 heavy (non-hydrogen) atoms. The fraction of sp³-hybridized carbons (Fsp3) is 0.462. The number of guanidine groups is 1. The van der Waals surface area contributed by atoms with Crippen LogP contribution in [-0.4, -0.2) is 51.2 Å². The average molecular weight is 465 g/mol. The van der Waals surface area contributed by atoms with Gasteiger partial charge in [-0.05, 0) is 6.92 Å². The molecular formula is C13H20IN7O2S. The van der Waals surface area contributed by atoms with Crippen LogP contribution in [0.3, 0.4) is 0 Å². The number of nitrogens with zero attached hydrogens (tertiary/aromatic N) is 6. The van der Waals surface area contributed by atoms with Crippen molar-refractivity contribution in [3.63, 3.8) is 0 Å². The molecule has 2 rings (SSSR count). The molecule has 0 aliphatic heterocycles. The molecule has 0 aliphatic rings. The predicted octanol–water partition coefficient (Wildman–Crippen LogP) is 1.88. The van der Waals surface area contributed by atoms with Crippen molar-refractivity contribution >= 4 is 47.0 Å². The fourth-order valence-electron chi connectivity index (χ4n) is 2.03. The van der Waals surface area contributed by atoms with Crippen LogP contribution in [0.2, 0.25) is 0 Å². The van der Waals surface area contributed by atoms with Crippen molar-refractivity contribution in [3.8, 4) is 0 Å². The third-order valence-corrected chi connectivity index (χ3v) is 3.92. The molecule has 0 aromatic carbocycles. The van der Waals surface area contributed by atoms with Crippen LogP contribution in [0.1, 0.15) is 10.7 Å². The Morgan fingerprint density at radius 1 is 1.58 bits per heavy atom. The fourth-order valence-corrected chi connectivity index (χ4v) is 2.64. The minimum Gasteiger partial charge on any atom is -0.354 e. The Labute approximate surface area is 161 Å². The lowest BCUT2D eigenvalue weighted by molar-refractivity contribution is -0.385. The second-order valence-corrected chi connectivity index (χ2v) is 5.97. The standard InChI is InChI=1S/C13H19N7O2S.HI/c1-10-17-11(9-23-10)7-18(3)13(14-2)15-4-5-19-8-12(6-16-19)20(21)22;/h6,8-9H,4-5,7H2,1-3H3,(H,14,15);1H. The van der Waals surface area contributed by atoms with Gasteiger partial charge in [-0.1, -0.05) is 0 Å². The van der Waals surface area contributed by atoms with Crippen molar-refractivity contribution in [2.45, 2.75) is 20.0 Å². The zero-order valence-corrected chi connectivity index (χ0v) is 16.8. The largest absolute Gasteiger partial charge is 0.354 e.